The van der Waals surface area contributed by atoms with Crippen molar-refractivity contribution in [3.05, 3.63) is 35.1 Å². The fourth-order valence-corrected chi connectivity index (χ4v) is 3.23. The lowest BCUT2D eigenvalue weighted by Gasteiger charge is -2.32. The topological polar surface area (TPSA) is 75.3 Å². The first kappa shape index (κ1) is 15.9. The average molecular weight is 314 g/mol. The molecular weight excluding hydrogens is 295 g/mol. The average Bonchev–Trinajstić information content (AvgIpc) is 2.42. The Labute approximate surface area is 124 Å². The molecule has 0 aromatic heterocycles. The molecule has 5 nitrogen and oxygen atoms in total. The Morgan fingerprint density at radius 3 is 2.81 bits per heavy atom. The lowest BCUT2D eigenvalue weighted by atomic mass is 9.80. The number of rotatable bonds is 4. The van der Waals surface area contributed by atoms with Crippen LogP contribution >= 0.6 is 0 Å². The molecule has 0 fully saturated rings. The monoisotopic (exact) mass is 314 g/mol. The minimum Gasteiger partial charge on any atom is -0.348 e. The van der Waals surface area contributed by atoms with Crippen LogP contribution in [0.1, 0.15) is 30.5 Å². The SMILES string of the molecule is CNS(=O)(=O)CC(=O)N[C@H]1c2cccc(F)c2CC[C@H]1C. The van der Waals surface area contributed by atoms with E-state index in [0.717, 1.165) is 12.0 Å². The van der Waals surface area contributed by atoms with Gasteiger partial charge < -0.3 is 5.32 Å². The van der Waals surface area contributed by atoms with Gasteiger partial charge in [0.25, 0.3) is 0 Å². The van der Waals surface area contributed by atoms with Crippen LogP contribution in [0, 0.1) is 11.7 Å². The van der Waals surface area contributed by atoms with E-state index in [1.54, 1.807) is 12.1 Å². The largest absolute Gasteiger partial charge is 0.348 e. The summed E-state index contributed by atoms with van der Waals surface area (Å²) in [5, 5.41) is 2.72. The highest BCUT2D eigenvalue weighted by atomic mass is 32.2. The van der Waals surface area contributed by atoms with E-state index in [0.29, 0.717) is 12.0 Å². The summed E-state index contributed by atoms with van der Waals surface area (Å²) in [6, 6.07) is 4.43. The van der Waals surface area contributed by atoms with E-state index in [9.17, 15) is 17.6 Å². The molecule has 1 aromatic rings. The van der Waals surface area contributed by atoms with Gasteiger partial charge in [0.15, 0.2) is 0 Å². The summed E-state index contributed by atoms with van der Waals surface area (Å²) in [7, 11) is -2.35. The molecule has 1 amide bonds. The Bertz CT molecular complexity index is 646. The quantitative estimate of drug-likeness (QED) is 0.874. The number of fused-ring (bicyclic) bond motifs is 1. The number of nitrogens with one attached hydrogen (secondary N) is 2. The van der Waals surface area contributed by atoms with Gasteiger partial charge in [-0.05, 0) is 43.0 Å². The Morgan fingerprint density at radius 1 is 1.43 bits per heavy atom. The van der Waals surface area contributed by atoms with Crippen molar-refractivity contribution in [3.63, 3.8) is 0 Å². The van der Waals surface area contributed by atoms with Gasteiger partial charge in [-0.1, -0.05) is 19.1 Å². The van der Waals surface area contributed by atoms with Crippen molar-refractivity contribution in [2.75, 3.05) is 12.8 Å². The van der Waals surface area contributed by atoms with Crippen LogP contribution in [0.15, 0.2) is 18.2 Å². The Morgan fingerprint density at radius 2 is 2.14 bits per heavy atom. The minimum absolute atomic E-state index is 0.125. The molecular formula is C14H19FN2O3S. The van der Waals surface area contributed by atoms with E-state index in [1.165, 1.54) is 13.1 Å². The number of hydrogen-bond donors (Lipinski definition) is 2. The smallest absolute Gasteiger partial charge is 0.237 e. The highest BCUT2D eigenvalue weighted by molar-refractivity contribution is 7.90. The molecule has 0 unspecified atom stereocenters. The van der Waals surface area contributed by atoms with Crippen LogP contribution in [-0.4, -0.2) is 27.1 Å². The van der Waals surface area contributed by atoms with E-state index in [-0.39, 0.29) is 17.8 Å². The predicted octanol–water partition coefficient (Wildman–Crippen LogP) is 1.11. The Hall–Kier alpha value is -1.47. The van der Waals surface area contributed by atoms with Crippen LogP contribution in [0.25, 0.3) is 0 Å². The van der Waals surface area contributed by atoms with Crippen LogP contribution in [0.2, 0.25) is 0 Å². The Balaban J connectivity index is 2.21. The van der Waals surface area contributed by atoms with Crippen molar-refractivity contribution < 1.29 is 17.6 Å². The summed E-state index contributed by atoms with van der Waals surface area (Å²) in [4.78, 5) is 11.9. The number of carbonyl (C=O) groups is 1. The summed E-state index contributed by atoms with van der Waals surface area (Å²) in [5.74, 6) is -1.36. The Kier molecular flexibility index (Phi) is 4.63. The number of sulfonamides is 1. The maximum Gasteiger partial charge on any atom is 0.237 e. The fraction of sp³-hybridized carbons (Fsp3) is 0.500. The number of halogens is 1. The fourth-order valence-electron chi connectivity index (χ4n) is 2.66. The molecule has 2 rings (SSSR count). The molecule has 21 heavy (non-hydrogen) atoms. The zero-order chi connectivity index (χ0) is 15.6. The van der Waals surface area contributed by atoms with E-state index in [1.807, 2.05) is 6.92 Å². The van der Waals surface area contributed by atoms with Crippen molar-refractivity contribution in [2.24, 2.45) is 5.92 Å². The van der Waals surface area contributed by atoms with E-state index >= 15 is 0 Å². The molecule has 0 aliphatic heterocycles. The lowest BCUT2D eigenvalue weighted by Crippen LogP contribution is -2.40. The molecule has 7 heteroatoms. The van der Waals surface area contributed by atoms with E-state index < -0.39 is 21.7 Å². The van der Waals surface area contributed by atoms with Gasteiger partial charge in [-0.2, -0.15) is 0 Å². The van der Waals surface area contributed by atoms with Gasteiger partial charge in [-0.25, -0.2) is 17.5 Å². The molecule has 0 radical (unpaired) electrons. The summed E-state index contributed by atoms with van der Waals surface area (Å²) in [5.41, 5.74) is 1.35. The molecule has 1 aliphatic carbocycles. The molecule has 1 aromatic carbocycles. The standard InChI is InChI=1S/C14H19FN2O3S/c1-9-6-7-10-11(4-3-5-12(10)15)14(9)17-13(18)8-21(19,20)16-2/h3-5,9,14,16H,6-8H2,1-2H3,(H,17,18)/t9-,14-/m1/s1. The van der Waals surface area contributed by atoms with Crippen LogP contribution < -0.4 is 10.0 Å². The zero-order valence-electron chi connectivity index (χ0n) is 12.0. The van der Waals surface area contributed by atoms with Gasteiger partial charge in [-0.3, -0.25) is 4.79 Å². The van der Waals surface area contributed by atoms with E-state index in [4.69, 9.17) is 0 Å². The van der Waals surface area contributed by atoms with Gasteiger partial charge in [0.05, 0.1) is 6.04 Å². The molecule has 0 heterocycles. The number of hydrogen-bond acceptors (Lipinski definition) is 3. The van der Waals surface area contributed by atoms with Gasteiger partial charge in [0.1, 0.15) is 11.6 Å². The van der Waals surface area contributed by atoms with Crippen molar-refractivity contribution in [1.82, 2.24) is 10.0 Å². The molecule has 2 atom stereocenters. The lowest BCUT2D eigenvalue weighted by molar-refractivity contribution is -0.119. The van der Waals surface area contributed by atoms with Crippen molar-refractivity contribution >= 4 is 15.9 Å². The third kappa shape index (κ3) is 3.59. The summed E-state index contributed by atoms with van der Waals surface area (Å²) in [6.07, 6.45) is 1.38. The molecule has 0 saturated carbocycles. The normalized spacial score (nSPS) is 21.7. The first-order valence-electron chi connectivity index (χ1n) is 6.82. The maximum atomic E-state index is 13.8. The minimum atomic E-state index is -3.61. The van der Waals surface area contributed by atoms with Crippen molar-refractivity contribution in [1.29, 1.82) is 0 Å². The van der Waals surface area contributed by atoms with E-state index in [2.05, 4.69) is 10.0 Å². The predicted molar refractivity (Wildman–Crippen MR) is 77.6 cm³/mol. The molecule has 1 aliphatic rings. The second kappa shape index (κ2) is 6.11. The third-order valence-electron chi connectivity index (χ3n) is 3.86. The highest BCUT2D eigenvalue weighted by Crippen LogP contribution is 2.35. The van der Waals surface area contributed by atoms with Crippen molar-refractivity contribution in [3.8, 4) is 0 Å². The number of carbonyl (C=O) groups excluding carboxylic acids is 1. The van der Waals surface area contributed by atoms with Crippen LogP contribution in [0.3, 0.4) is 0 Å². The molecule has 116 valence electrons. The first-order valence-corrected chi connectivity index (χ1v) is 8.47. The maximum absolute atomic E-state index is 13.8. The van der Waals surface area contributed by atoms with Crippen molar-refractivity contribution in [2.45, 2.75) is 25.8 Å². The molecule has 2 N–H and O–H groups in total. The second-order valence-corrected chi connectivity index (χ2v) is 7.26. The number of amides is 1. The molecule has 0 saturated heterocycles. The second-order valence-electron chi connectivity index (χ2n) is 5.33. The number of benzene rings is 1. The summed E-state index contributed by atoms with van der Waals surface area (Å²) < 4.78 is 38.7. The third-order valence-corrected chi connectivity index (χ3v) is 5.12. The first-order chi connectivity index (χ1) is 9.84. The van der Waals surface area contributed by atoms with Crippen LogP contribution in [-0.2, 0) is 21.2 Å². The van der Waals surface area contributed by atoms with Gasteiger partial charge >= 0.3 is 0 Å². The highest BCUT2D eigenvalue weighted by Gasteiger charge is 2.30. The summed E-state index contributed by atoms with van der Waals surface area (Å²) in [6.45, 7) is 1.96. The van der Waals surface area contributed by atoms with Gasteiger partial charge in [0.2, 0.25) is 15.9 Å². The zero-order valence-corrected chi connectivity index (χ0v) is 12.8. The van der Waals surface area contributed by atoms with Gasteiger partial charge in [0, 0.05) is 0 Å². The molecule has 0 bridgehead atoms. The van der Waals surface area contributed by atoms with Gasteiger partial charge in [-0.15, -0.1) is 0 Å². The molecule has 0 spiro atoms. The summed E-state index contributed by atoms with van der Waals surface area (Å²) >= 11 is 0. The van der Waals surface area contributed by atoms with Crippen LogP contribution in [0.4, 0.5) is 4.39 Å². The van der Waals surface area contributed by atoms with Crippen LogP contribution in [0.5, 0.6) is 0 Å².